The predicted molar refractivity (Wildman–Crippen MR) is 51.6 cm³/mol. The first-order valence-corrected chi connectivity index (χ1v) is 4.50. The van der Waals surface area contributed by atoms with Gasteiger partial charge in [0.2, 0.25) is 0 Å². The van der Waals surface area contributed by atoms with Crippen LogP contribution in [0.15, 0.2) is 0 Å². The Morgan fingerprint density at radius 1 is 1.38 bits per heavy atom. The lowest BCUT2D eigenvalue weighted by Gasteiger charge is -2.30. The molecule has 0 rings (SSSR count). The lowest BCUT2D eigenvalue weighted by atomic mass is 9.99. The van der Waals surface area contributed by atoms with E-state index in [0.717, 1.165) is 0 Å². The zero-order chi connectivity index (χ0) is 10.5. The standard InChI is InChI=1S/C9H21NO3/c1-7(11)9(2,3)10-5-8(12)6-13-4/h7-8,10-12H,5-6H2,1-4H3. The molecule has 0 amide bonds. The molecule has 80 valence electrons. The van der Waals surface area contributed by atoms with E-state index in [4.69, 9.17) is 4.74 Å². The molecular formula is C9H21NO3. The molecule has 0 saturated heterocycles. The zero-order valence-corrected chi connectivity index (χ0v) is 8.87. The van der Waals surface area contributed by atoms with Crippen molar-refractivity contribution in [2.75, 3.05) is 20.3 Å². The first-order valence-electron chi connectivity index (χ1n) is 4.50. The first-order chi connectivity index (χ1) is 5.90. The molecule has 0 aromatic rings. The van der Waals surface area contributed by atoms with E-state index in [2.05, 4.69) is 5.32 Å². The smallest absolute Gasteiger partial charge is 0.0897 e. The van der Waals surface area contributed by atoms with E-state index in [-0.39, 0.29) is 5.54 Å². The first kappa shape index (κ1) is 12.8. The van der Waals surface area contributed by atoms with Gasteiger partial charge in [0.1, 0.15) is 0 Å². The molecule has 0 aliphatic rings. The molecule has 0 aliphatic heterocycles. The molecule has 0 fully saturated rings. The Morgan fingerprint density at radius 3 is 2.31 bits per heavy atom. The number of β-amino-alcohol motifs (C(OH)–C–C–N with tert-alkyl or cyclic N) is 1. The Kier molecular flexibility index (Phi) is 5.48. The van der Waals surface area contributed by atoms with Crippen LogP contribution in [-0.4, -0.2) is 48.2 Å². The Bertz CT molecular complexity index is 137. The van der Waals surface area contributed by atoms with E-state index in [0.29, 0.717) is 13.2 Å². The Morgan fingerprint density at radius 2 is 1.92 bits per heavy atom. The summed E-state index contributed by atoms with van der Waals surface area (Å²) in [5, 5.41) is 21.7. The van der Waals surface area contributed by atoms with Crippen LogP contribution >= 0.6 is 0 Å². The van der Waals surface area contributed by atoms with E-state index >= 15 is 0 Å². The monoisotopic (exact) mass is 191 g/mol. The minimum Gasteiger partial charge on any atom is -0.392 e. The largest absolute Gasteiger partial charge is 0.392 e. The van der Waals surface area contributed by atoms with Crippen LogP contribution in [0.25, 0.3) is 0 Å². The third kappa shape index (κ3) is 5.21. The highest BCUT2D eigenvalue weighted by Crippen LogP contribution is 2.07. The van der Waals surface area contributed by atoms with E-state index < -0.39 is 12.2 Å². The van der Waals surface area contributed by atoms with E-state index in [1.807, 2.05) is 13.8 Å². The highest BCUT2D eigenvalue weighted by molar-refractivity contribution is 4.83. The van der Waals surface area contributed by atoms with Crippen molar-refractivity contribution in [1.29, 1.82) is 0 Å². The second-order valence-corrected chi connectivity index (χ2v) is 3.89. The maximum atomic E-state index is 9.35. The van der Waals surface area contributed by atoms with Gasteiger partial charge in [-0.1, -0.05) is 0 Å². The number of hydrogen-bond acceptors (Lipinski definition) is 4. The van der Waals surface area contributed by atoms with Gasteiger partial charge >= 0.3 is 0 Å². The Balaban J connectivity index is 3.74. The van der Waals surface area contributed by atoms with Crippen molar-refractivity contribution in [3.05, 3.63) is 0 Å². The van der Waals surface area contributed by atoms with Crippen LogP contribution in [0.5, 0.6) is 0 Å². The van der Waals surface area contributed by atoms with Gasteiger partial charge in [-0.05, 0) is 20.8 Å². The van der Waals surface area contributed by atoms with Gasteiger partial charge in [0.05, 0.1) is 18.8 Å². The summed E-state index contributed by atoms with van der Waals surface area (Å²) in [5.74, 6) is 0. The van der Waals surface area contributed by atoms with E-state index in [1.165, 1.54) is 0 Å². The number of rotatable bonds is 6. The summed E-state index contributed by atoms with van der Waals surface area (Å²) in [7, 11) is 1.54. The molecule has 0 radical (unpaired) electrons. The van der Waals surface area contributed by atoms with Crippen molar-refractivity contribution in [3.63, 3.8) is 0 Å². The fraction of sp³-hybridized carbons (Fsp3) is 1.00. The molecule has 0 aliphatic carbocycles. The molecule has 0 aromatic carbocycles. The quantitative estimate of drug-likeness (QED) is 0.541. The number of aliphatic hydroxyl groups is 2. The molecule has 4 heteroatoms. The minimum absolute atomic E-state index is 0.308. The van der Waals surface area contributed by atoms with Crippen LogP contribution in [0.2, 0.25) is 0 Å². The predicted octanol–water partition coefficient (Wildman–Crippen LogP) is -0.257. The van der Waals surface area contributed by atoms with Crippen molar-refractivity contribution < 1.29 is 14.9 Å². The summed E-state index contributed by atoms with van der Waals surface area (Å²) < 4.78 is 4.78. The average molecular weight is 191 g/mol. The molecule has 0 aromatic heterocycles. The number of ether oxygens (including phenoxy) is 1. The van der Waals surface area contributed by atoms with Gasteiger partial charge in [-0.3, -0.25) is 0 Å². The lowest BCUT2D eigenvalue weighted by Crippen LogP contribution is -2.51. The molecular weight excluding hydrogens is 170 g/mol. The summed E-state index contributed by atoms with van der Waals surface area (Å²) in [5.41, 5.74) is -0.380. The summed E-state index contributed by atoms with van der Waals surface area (Å²) in [6.07, 6.45) is -0.981. The van der Waals surface area contributed by atoms with Crippen molar-refractivity contribution in [2.45, 2.75) is 38.5 Å². The minimum atomic E-state index is -0.525. The maximum Gasteiger partial charge on any atom is 0.0897 e. The molecule has 3 N–H and O–H groups in total. The molecule has 2 unspecified atom stereocenters. The lowest BCUT2D eigenvalue weighted by molar-refractivity contribution is 0.0440. The van der Waals surface area contributed by atoms with Crippen LogP contribution < -0.4 is 5.32 Å². The fourth-order valence-corrected chi connectivity index (χ4v) is 0.780. The van der Waals surface area contributed by atoms with Crippen LogP contribution in [0.4, 0.5) is 0 Å². The summed E-state index contributed by atoms with van der Waals surface area (Å²) in [6, 6.07) is 0. The summed E-state index contributed by atoms with van der Waals surface area (Å²) in [4.78, 5) is 0. The van der Waals surface area contributed by atoms with Crippen LogP contribution in [0.1, 0.15) is 20.8 Å². The molecule has 13 heavy (non-hydrogen) atoms. The fourth-order valence-electron chi connectivity index (χ4n) is 0.780. The second kappa shape index (κ2) is 5.54. The van der Waals surface area contributed by atoms with Crippen LogP contribution in [0, 0.1) is 0 Å². The van der Waals surface area contributed by atoms with Gasteiger partial charge in [-0.15, -0.1) is 0 Å². The number of methoxy groups -OCH3 is 1. The van der Waals surface area contributed by atoms with Crippen molar-refractivity contribution >= 4 is 0 Å². The van der Waals surface area contributed by atoms with E-state index in [1.54, 1.807) is 14.0 Å². The zero-order valence-electron chi connectivity index (χ0n) is 8.87. The molecule has 0 spiro atoms. The van der Waals surface area contributed by atoms with Gasteiger partial charge in [-0.2, -0.15) is 0 Å². The average Bonchev–Trinajstić information content (AvgIpc) is 2.01. The van der Waals surface area contributed by atoms with Gasteiger partial charge in [-0.25, -0.2) is 0 Å². The Labute approximate surface area is 79.9 Å². The van der Waals surface area contributed by atoms with Gasteiger partial charge in [0.25, 0.3) is 0 Å². The van der Waals surface area contributed by atoms with Gasteiger partial charge < -0.3 is 20.3 Å². The Hall–Kier alpha value is -0.160. The van der Waals surface area contributed by atoms with Crippen molar-refractivity contribution in [1.82, 2.24) is 5.32 Å². The molecule has 4 nitrogen and oxygen atoms in total. The molecule has 2 atom stereocenters. The second-order valence-electron chi connectivity index (χ2n) is 3.89. The summed E-state index contributed by atoms with van der Waals surface area (Å²) >= 11 is 0. The molecule has 0 bridgehead atoms. The topological polar surface area (TPSA) is 61.7 Å². The van der Waals surface area contributed by atoms with E-state index in [9.17, 15) is 10.2 Å². The highest BCUT2D eigenvalue weighted by Gasteiger charge is 2.23. The number of hydrogen-bond donors (Lipinski definition) is 3. The normalized spacial score (nSPS) is 17.1. The maximum absolute atomic E-state index is 9.35. The third-order valence-electron chi connectivity index (χ3n) is 2.20. The van der Waals surface area contributed by atoms with Crippen LogP contribution in [0.3, 0.4) is 0 Å². The van der Waals surface area contributed by atoms with Crippen LogP contribution in [-0.2, 0) is 4.74 Å². The van der Waals surface area contributed by atoms with Crippen molar-refractivity contribution in [3.8, 4) is 0 Å². The number of aliphatic hydroxyl groups excluding tert-OH is 2. The van der Waals surface area contributed by atoms with Gasteiger partial charge in [0, 0.05) is 19.2 Å². The SMILES string of the molecule is COCC(O)CNC(C)(C)C(C)O. The third-order valence-corrected chi connectivity index (χ3v) is 2.20. The number of nitrogens with one attached hydrogen (secondary N) is 1. The molecule has 0 saturated carbocycles. The highest BCUT2D eigenvalue weighted by atomic mass is 16.5. The van der Waals surface area contributed by atoms with Gasteiger partial charge in [0.15, 0.2) is 0 Å². The van der Waals surface area contributed by atoms with Crippen molar-refractivity contribution in [2.24, 2.45) is 0 Å². The summed E-state index contributed by atoms with van der Waals surface area (Å²) in [6.45, 7) is 6.22. The molecule has 0 heterocycles.